The highest BCUT2D eigenvalue weighted by molar-refractivity contribution is 6.32. The molecule has 0 aliphatic carbocycles. The Morgan fingerprint density at radius 3 is 3.00 bits per heavy atom. The zero-order valence-electron chi connectivity index (χ0n) is 8.10. The Morgan fingerprint density at radius 2 is 2.20 bits per heavy atom. The van der Waals surface area contributed by atoms with Gasteiger partial charge in [-0.1, -0.05) is 11.6 Å². The van der Waals surface area contributed by atoms with Crippen LogP contribution < -0.4 is 0 Å². The smallest absolute Gasteiger partial charge is 0.198 e. The van der Waals surface area contributed by atoms with Crippen molar-refractivity contribution in [2.45, 2.75) is 19.3 Å². The molecule has 0 bridgehead atoms. The number of aryl methyl sites for hydroxylation is 1. The first-order chi connectivity index (χ1) is 7.33. The SMILES string of the molecule is OCCCCc1nnc2c(Cl)nccn12. The van der Waals surface area contributed by atoms with Gasteiger partial charge in [0, 0.05) is 25.4 Å². The lowest BCUT2D eigenvalue weighted by atomic mass is 10.2. The van der Waals surface area contributed by atoms with Gasteiger partial charge in [0.05, 0.1) is 0 Å². The molecular formula is C9H11ClN4O. The Bertz CT molecular complexity index is 456. The fraction of sp³-hybridized carbons (Fsp3) is 0.444. The molecule has 0 aromatic carbocycles. The van der Waals surface area contributed by atoms with Crippen molar-refractivity contribution in [3.05, 3.63) is 23.4 Å². The quantitative estimate of drug-likeness (QED) is 0.793. The van der Waals surface area contributed by atoms with Crippen LogP contribution in [0.25, 0.3) is 5.65 Å². The molecule has 80 valence electrons. The van der Waals surface area contributed by atoms with E-state index in [0.29, 0.717) is 10.8 Å². The van der Waals surface area contributed by atoms with E-state index < -0.39 is 0 Å². The highest BCUT2D eigenvalue weighted by Crippen LogP contribution is 2.13. The van der Waals surface area contributed by atoms with Gasteiger partial charge in [-0.3, -0.25) is 4.40 Å². The summed E-state index contributed by atoms with van der Waals surface area (Å²) in [5, 5.41) is 17.0. The van der Waals surface area contributed by atoms with Crippen LogP contribution in [0.3, 0.4) is 0 Å². The summed E-state index contributed by atoms with van der Waals surface area (Å²) in [4.78, 5) is 3.92. The zero-order chi connectivity index (χ0) is 10.7. The number of unbranched alkanes of at least 4 members (excludes halogenated alkanes) is 1. The van der Waals surface area contributed by atoms with Gasteiger partial charge in [0.1, 0.15) is 5.82 Å². The Labute approximate surface area is 91.7 Å². The Hall–Kier alpha value is -1.20. The minimum Gasteiger partial charge on any atom is -0.396 e. The molecule has 1 N–H and O–H groups in total. The van der Waals surface area contributed by atoms with Crippen molar-refractivity contribution >= 4 is 17.2 Å². The van der Waals surface area contributed by atoms with Crippen LogP contribution in [-0.2, 0) is 6.42 Å². The topological polar surface area (TPSA) is 63.3 Å². The number of nitrogens with zero attached hydrogens (tertiary/aromatic N) is 4. The average molecular weight is 227 g/mol. The second-order valence-corrected chi connectivity index (χ2v) is 3.57. The van der Waals surface area contributed by atoms with Crippen LogP contribution in [0.1, 0.15) is 18.7 Å². The van der Waals surface area contributed by atoms with Crippen LogP contribution in [0.15, 0.2) is 12.4 Å². The van der Waals surface area contributed by atoms with Crippen LogP contribution in [0.2, 0.25) is 5.15 Å². The number of halogens is 1. The summed E-state index contributed by atoms with van der Waals surface area (Å²) >= 11 is 5.86. The second-order valence-electron chi connectivity index (χ2n) is 3.21. The van der Waals surface area contributed by atoms with Crippen LogP contribution in [0.5, 0.6) is 0 Å². The maximum atomic E-state index is 8.68. The maximum absolute atomic E-state index is 8.68. The van der Waals surface area contributed by atoms with Gasteiger partial charge in [0.25, 0.3) is 0 Å². The molecule has 2 aromatic rings. The molecule has 6 heteroatoms. The third-order valence-electron chi connectivity index (χ3n) is 2.16. The van der Waals surface area contributed by atoms with Gasteiger partial charge in [-0.2, -0.15) is 0 Å². The van der Waals surface area contributed by atoms with Crippen molar-refractivity contribution in [3.63, 3.8) is 0 Å². The fourth-order valence-corrected chi connectivity index (χ4v) is 1.59. The molecule has 2 heterocycles. The molecule has 0 unspecified atom stereocenters. The molecule has 0 aliphatic heterocycles. The second kappa shape index (κ2) is 4.55. The van der Waals surface area contributed by atoms with E-state index >= 15 is 0 Å². The van der Waals surface area contributed by atoms with Gasteiger partial charge in [-0.05, 0) is 12.8 Å². The third kappa shape index (κ3) is 2.08. The van der Waals surface area contributed by atoms with Gasteiger partial charge < -0.3 is 5.11 Å². The van der Waals surface area contributed by atoms with E-state index in [-0.39, 0.29) is 6.61 Å². The molecule has 2 rings (SSSR count). The summed E-state index contributed by atoms with van der Waals surface area (Å²) in [6, 6.07) is 0. The Kier molecular flexibility index (Phi) is 3.13. The normalized spacial score (nSPS) is 11.1. The number of aliphatic hydroxyl groups excluding tert-OH is 1. The van der Waals surface area contributed by atoms with E-state index in [9.17, 15) is 0 Å². The maximum Gasteiger partial charge on any atom is 0.198 e. The lowest BCUT2D eigenvalue weighted by molar-refractivity contribution is 0.284. The van der Waals surface area contributed by atoms with Crippen molar-refractivity contribution < 1.29 is 5.11 Å². The van der Waals surface area contributed by atoms with Gasteiger partial charge in [-0.15, -0.1) is 10.2 Å². The van der Waals surface area contributed by atoms with Crippen molar-refractivity contribution in [1.29, 1.82) is 0 Å². The summed E-state index contributed by atoms with van der Waals surface area (Å²) in [6.07, 6.45) is 5.84. The van der Waals surface area contributed by atoms with E-state index in [1.165, 1.54) is 0 Å². The van der Waals surface area contributed by atoms with E-state index in [1.54, 1.807) is 12.4 Å². The number of fused-ring (bicyclic) bond motifs is 1. The molecule has 0 saturated heterocycles. The molecular weight excluding hydrogens is 216 g/mol. The predicted octanol–water partition coefficient (Wildman–Crippen LogP) is 1.09. The number of aliphatic hydroxyl groups is 1. The largest absolute Gasteiger partial charge is 0.396 e. The molecule has 0 spiro atoms. The van der Waals surface area contributed by atoms with Gasteiger partial charge in [-0.25, -0.2) is 4.98 Å². The molecule has 0 atom stereocenters. The molecule has 0 fully saturated rings. The Morgan fingerprint density at radius 1 is 1.33 bits per heavy atom. The first kappa shape index (κ1) is 10.3. The standard InChI is InChI=1S/C9H11ClN4O/c10-8-9-13-12-7(3-1-2-6-15)14(9)5-4-11-8/h4-5,15H,1-3,6H2. The number of rotatable bonds is 4. The molecule has 15 heavy (non-hydrogen) atoms. The van der Waals surface area contributed by atoms with Crippen molar-refractivity contribution in [2.24, 2.45) is 0 Å². The number of aromatic nitrogens is 4. The van der Waals surface area contributed by atoms with E-state index in [1.807, 2.05) is 4.40 Å². The minimum absolute atomic E-state index is 0.207. The molecule has 0 aliphatic rings. The van der Waals surface area contributed by atoms with Gasteiger partial charge in [0.15, 0.2) is 10.8 Å². The van der Waals surface area contributed by atoms with Crippen molar-refractivity contribution in [1.82, 2.24) is 19.6 Å². The average Bonchev–Trinajstić information content (AvgIpc) is 2.64. The Balaban J connectivity index is 2.25. The minimum atomic E-state index is 0.207. The predicted molar refractivity (Wildman–Crippen MR) is 55.8 cm³/mol. The summed E-state index contributed by atoms with van der Waals surface area (Å²) in [5.41, 5.74) is 0.582. The summed E-state index contributed by atoms with van der Waals surface area (Å²) < 4.78 is 1.83. The van der Waals surface area contributed by atoms with Crippen LogP contribution >= 0.6 is 11.6 Å². The lowest BCUT2D eigenvalue weighted by Crippen LogP contribution is -1.96. The van der Waals surface area contributed by atoms with E-state index in [2.05, 4.69) is 15.2 Å². The lowest BCUT2D eigenvalue weighted by Gasteiger charge is -1.98. The number of hydrogen-bond acceptors (Lipinski definition) is 4. The number of hydrogen-bond donors (Lipinski definition) is 1. The van der Waals surface area contributed by atoms with Gasteiger partial charge >= 0.3 is 0 Å². The molecule has 5 nitrogen and oxygen atoms in total. The summed E-state index contributed by atoms with van der Waals surface area (Å²) in [5.74, 6) is 0.850. The molecule has 0 saturated carbocycles. The third-order valence-corrected chi connectivity index (χ3v) is 2.43. The van der Waals surface area contributed by atoms with Crippen molar-refractivity contribution in [2.75, 3.05) is 6.61 Å². The zero-order valence-corrected chi connectivity index (χ0v) is 8.85. The van der Waals surface area contributed by atoms with E-state index in [0.717, 1.165) is 25.1 Å². The van der Waals surface area contributed by atoms with Crippen LogP contribution in [0.4, 0.5) is 0 Å². The molecule has 0 radical (unpaired) electrons. The fourth-order valence-electron chi connectivity index (χ4n) is 1.41. The highest BCUT2D eigenvalue weighted by Gasteiger charge is 2.07. The van der Waals surface area contributed by atoms with Crippen LogP contribution in [-0.4, -0.2) is 31.3 Å². The molecule has 2 aromatic heterocycles. The monoisotopic (exact) mass is 226 g/mol. The van der Waals surface area contributed by atoms with Crippen LogP contribution in [0, 0.1) is 0 Å². The highest BCUT2D eigenvalue weighted by atomic mass is 35.5. The summed E-state index contributed by atoms with van der Waals surface area (Å²) in [7, 11) is 0. The van der Waals surface area contributed by atoms with Crippen molar-refractivity contribution in [3.8, 4) is 0 Å². The first-order valence-electron chi connectivity index (χ1n) is 4.78. The first-order valence-corrected chi connectivity index (χ1v) is 5.15. The summed E-state index contributed by atoms with van der Waals surface area (Å²) in [6.45, 7) is 0.207. The molecule has 0 amide bonds. The van der Waals surface area contributed by atoms with E-state index in [4.69, 9.17) is 16.7 Å². The van der Waals surface area contributed by atoms with Gasteiger partial charge in [0.2, 0.25) is 0 Å².